The molecule has 0 aliphatic carbocycles. The number of rotatable bonds is 3. The predicted molar refractivity (Wildman–Crippen MR) is 99.4 cm³/mol. The average Bonchev–Trinajstić information content (AvgIpc) is 2.89. The average molecular weight is 343 g/mol. The zero-order chi connectivity index (χ0) is 17.8. The topological polar surface area (TPSA) is 52.7 Å². The molecular formula is C20H29N3O2. The highest BCUT2D eigenvalue weighted by atomic mass is 16.2. The number of amides is 2. The van der Waals surface area contributed by atoms with Gasteiger partial charge >= 0.3 is 0 Å². The lowest BCUT2D eigenvalue weighted by atomic mass is 9.97. The highest BCUT2D eigenvalue weighted by Gasteiger charge is 2.29. The van der Waals surface area contributed by atoms with Gasteiger partial charge in [-0.15, -0.1) is 0 Å². The van der Waals surface area contributed by atoms with Gasteiger partial charge in [0, 0.05) is 25.7 Å². The minimum atomic E-state index is -0.0540. The van der Waals surface area contributed by atoms with Crippen LogP contribution in [0.15, 0.2) is 18.2 Å². The van der Waals surface area contributed by atoms with Gasteiger partial charge in [-0.1, -0.05) is 25.0 Å². The van der Waals surface area contributed by atoms with Crippen LogP contribution in [-0.4, -0.2) is 47.3 Å². The van der Waals surface area contributed by atoms with Gasteiger partial charge in [-0.25, -0.2) is 0 Å². The summed E-state index contributed by atoms with van der Waals surface area (Å²) in [5, 5.41) is 2.91. The van der Waals surface area contributed by atoms with E-state index in [0.717, 1.165) is 37.3 Å². The van der Waals surface area contributed by atoms with Crippen molar-refractivity contribution in [3.05, 3.63) is 29.3 Å². The van der Waals surface area contributed by atoms with Crippen LogP contribution in [0.5, 0.6) is 0 Å². The maximum absolute atomic E-state index is 13.0. The van der Waals surface area contributed by atoms with Gasteiger partial charge in [0.2, 0.25) is 11.8 Å². The predicted octanol–water partition coefficient (Wildman–Crippen LogP) is 2.79. The lowest BCUT2D eigenvalue weighted by Gasteiger charge is -2.35. The molecule has 1 N–H and O–H groups in total. The van der Waals surface area contributed by atoms with Gasteiger partial charge in [-0.2, -0.15) is 0 Å². The molecule has 1 fully saturated rings. The molecule has 1 aromatic rings. The van der Waals surface area contributed by atoms with E-state index in [1.54, 1.807) is 0 Å². The van der Waals surface area contributed by atoms with E-state index in [4.69, 9.17) is 0 Å². The molecule has 1 aromatic carbocycles. The number of carbonyl (C=O) groups is 2. The first-order chi connectivity index (χ1) is 12.1. The van der Waals surface area contributed by atoms with Crippen molar-refractivity contribution in [1.82, 2.24) is 9.80 Å². The van der Waals surface area contributed by atoms with Crippen molar-refractivity contribution in [2.45, 2.75) is 58.5 Å². The van der Waals surface area contributed by atoms with E-state index < -0.39 is 0 Å². The number of carbonyl (C=O) groups excluding carboxylic acids is 2. The first-order valence-corrected chi connectivity index (χ1v) is 9.47. The van der Waals surface area contributed by atoms with Crippen LogP contribution < -0.4 is 5.32 Å². The molecule has 5 nitrogen and oxygen atoms in total. The molecular weight excluding hydrogens is 314 g/mol. The Labute approximate surface area is 150 Å². The Bertz CT molecular complexity index is 636. The SMILES string of the molecule is CC(=O)Nc1cccc2c1CCN(C(=O)[C@H](C)N1CCCCCC1)C2. The Morgan fingerprint density at radius 3 is 2.48 bits per heavy atom. The van der Waals surface area contributed by atoms with Gasteiger partial charge < -0.3 is 10.2 Å². The fraction of sp³-hybridized carbons (Fsp3) is 0.600. The number of hydrogen-bond acceptors (Lipinski definition) is 3. The van der Waals surface area contributed by atoms with Crippen molar-refractivity contribution in [3.63, 3.8) is 0 Å². The molecule has 3 rings (SSSR count). The van der Waals surface area contributed by atoms with Crippen molar-refractivity contribution in [2.24, 2.45) is 0 Å². The second kappa shape index (κ2) is 8.00. The first kappa shape index (κ1) is 17.9. The van der Waals surface area contributed by atoms with Gasteiger partial charge in [0.1, 0.15) is 0 Å². The van der Waals surface area contributed by atoms with Crippen molar-refractivity contribution in [2.75, 3.05) is 25.0 Å². The molecule has 5 heteroatoms. The van der Waals surface area contributed by atoms with Gasteiger partial charge in [-0.3, -0.25) is 14.5 Å². The van der Waals surface area contributed by atoms with E-state index in [0.29, 0.717) is 6.54 Å². The third-order valence-corrected chi connectivity index (χ3v) is 5.43. The molecule has 0 unspecified atom stereocenters. The Hall–Kier alpha value is -1.88. The van der Waals surface area contributed by atoms with Crippen molar-refractivity contribution < 1.29 is 9.59 Å². The van der Waals surface area contributed by atoms with Crippen molar-refractivity contribution >= 4 is 17.5 Å². The summed E-state index contributed by atoms with van der Waals surface area (Å²) < 4.78 is 0. The normalized spacial score (nSPS) is 19.7. The molecule has 0 bridgehead atoms. The van der Waals surface area contributed by atoms with Crippen LogP contribution in [0.25, 0.3) is 0 Å². The van der Waals surface area contributed by atoms with Crippen LogP contribution in [-0.2, 0) is 22.6 Å². The molecule has 0 spiro atoms. The van der Waals surface area contributed by atoms with E-state index in [-0.39, 0.29) is 17.9 Å². The largest absolute Gasteiger partial charge is 0.337 e. The first-order valence-electron chi connectivity index (χ1n) is 9.47. The summed E-state index contributed by atoms with van der Waals surface area (Å²) in [6, 6.07) is 5.92. The summed E-state index contributed by atoms with van der Waals surface area (Å²) >= 11 is 0. The summed E-state index contributed by atoms with van der Waals surface area (Å²) in [6.07, 6.45) is 5.74. The Morgan fingerprint density at radius 2 is 1.80 bits per heavy atom. The molecule has 0 saturated carbocycles. The molecule has 2 amide bonds. The maximum atomic E-state index is 13.0. The minimum Gasteiger partial charge on any atom is -0.337 e. The van der Waals surface area contributed by atoms with Crippen LogP contribution >= 0.6 is 0 Å². The fourth-order valence-electron chi connectivity index (χ4n) is 4.01. The standard InChI is InChI=1S/C20H29N3O2/c1-15(22-11-5-3-4-6-12-22)20(25)23-13-10-18-17(14-23)8-7-9-19(18)21-16(2)24/h7-9,15H,3-6,10-14H2,1-2H3,(H,21,24)/t15-/m0/s1. The Kier molecular flexibility index (Phi) is 5.74. The molecule has 2 heterocycles. The van der Waals surface area contributed by atoms with Crippen molar-refractivity contribution in [3.8, 4) is 0 Å². The summed E-state index contributed by atoms with van der Waals surface area (Å²) in [5.41, 5.74) is 3.20. The van der Waals surface area contributed by atoms with Crippen LogP contribution in [0.3, 0.4) is 0 Å². The lowest BCUT2D eigenvalue weighted by Crippen LogP contribution is -2.48. The van der Waals surface area contributed by atoms with E-state index in [1.807, 2.05) is 17.0 Å². The van der Waals surface area contributed by atoms with Crippen LogP contribution in [0, 0.1) is 0 Å². The number of nitrogens with one attached hydrogen (secondary N) is 1. The number of benzene rings is 1. The summed E-state index contributed by atoms with van der Waals surface area (Å²) in [4.78, 5) is 28.7. The van der Waals surface area contributed by atoms with Crippen molar-refractivity contribution in [1.29, 1.82) is 0 Å². The van der Waals surface area contributed by atoms with E-state index >= 15 is 0 Å². The number of hydrogen-bond donors (Lipinski definition) is 1. The fourth-order valence-corrected chi connectivity index (χ4v) is 4.01. The third-order valence-electron chi connectivity index (χ3n) is 5.43. The van der Waals surface area contributed by atoms with E-state index in [9.17, 15) is 9.59 Å². The quantitative estimate of drug-likeness (QED) is 0.918. The maximum Gasteiger partial charge on any atom is 0.239 e. The summed E-state index contributed by atoms with van der Waals surface area (Å²) in [5.74, 6) is 0.180. The van der Waals surface area contributed by atoms with Crippen LogP contribution in [0.2, 0.25) is 0 Å². The zero-order valence-corrected chi connectivity index (χ0v) is 15.4. The second-order valence-corrected chi connectivity index (χ2v) is 7.26. The number of likely N-dealkylation sites (tertiary alicyclic amines) is 1. The highest BCUT2D eigenvalue weighted by Crippen LogP contribution is 2.27. The third kappa shape index (κ3) is 4.21. The molecule has 2 aliphatic heterocycles. The van der Waals surface area contributed by atoms with Gasteiger partial charge in [-0.05, 0) is 56.5 Å². The smallest absolute Gasteiger partial charge is 0.239 e. The summed E-state index contributed by atoms with van der Waals surface area (Å²) in [7, 11) is 0. The molecule has 1 saturated heterocycles. The zero-order valence-electron chi connectivity index (χ0n) is 15.4. The molecule has 25 heavy (non-hydrogen) atoms. The van der Waals surface area contributed by atoms with Gasteiger partial charge in [0.25, 0.3) is 0 Å². The lowest BCUT2D eigenvalue weighted by molar-refractivity contribution is -0.137. The minimum absolute atomic E-state index is 0.0434. The van der Waals surface area contributed by atoms with E-state index in [2.05, 4.69) is 23.2 Å². The van der Waals surface area contributed by atoms with E-state index in [1.165, 1.54) is 38.2 Å². The van der Waals surface area contributed by atoms with Gasteiger partial charge in [0.05, 0.1) is 6.04 Å². The Morgan fingerprint density at radius 1 is 1.08 bits per heavy atom. The van der Waals surface area contributed by atoms with Crippen LogP contribution in [0.4, 0.5) is 5.69 Å². The monoisotopic (exact) mass is 343 g/mol. The van der Waals surface area contributed by atoms with Crippen LogP contribution in [0.1, 0.15) is 50.7 Å². The Balaban J connectivity index is 1.69. The number of anilines is 1. The van der Waals surface area contributed by atoms with Gasteiger partial charge in [0.15, 0.2) is 0 Å². The highest BCUT2D eigenvalue weighted by molar-refractivity contribution is 5.90. The second-order valence-electron chi connectivity index (χ2n) is 7.26. The molecule has 136 valence electrons. The summed E-state index contributed by atoms with van der Waals surface area (Å²) in [6.45, 7) is 7.01. The number of fused-ring (bicyclic) bond motifs is 1. The molecule has 0 aromatic heterocycles. The molecule has 2 aliphatic rings. The number of nitrogens with zero attached hydrogens (tertiary/aromatic N) is 2. The molecule has 0 radical (unpaired) electrons. The molecule has 1 atom stereocenters.